The zero-order chi connectivity index (χ0) is 12.5. The largest absolute Gasteiger partial charge is 0.477 e. The Morgan fingerprint density at radius 1 is 1.50 bits per heavy atom. The van der Waals surface area contributed by atoms with Crippen molar-refractivity contribution in [2.45, 2.75) is 19.6 Å². The van der Waals surface area contributed by atoms with Gasteiger partial charge in [0.25, 0.3) is 0 Å². The van der Waals surface area contributed by atoms with Gasteiger partial charge in [0, 0.05) is 18.0 Å². The van der Waals surface area contributed by atoms with Gasteiger partial charge in [-0.2, -0.15) is 13.2 Å². The molecule has 0 amide bonds. The minimum Gasteiger partial charge on any atom is -0.477 e. The number of carboxylic acids is 1. The third-order valence-electron chi connectivity index (χ3n) is 1.92. The van der Waals surface area contributed by atoms with E-state index in [1.807, 2.05) is 0 Å². The minimum absolute atomic E-state index is 0.0623. The lowest BCUT2D eigenvalue weighted by atomic mass is 10.2. The van der Waals surface area contributed by atoms with Crippen LogP contribution >= 0.6 is 0 Å². The molecule has 0 atom stereocenters. The molecule has 1 N–H and O–H groups in total. The van der Waals surface area contributed by atoms with E-state index >= 15 is 0 Å². The Balaban J connectivity index is 3.26. The molecule has 16 heavy (non-hydrogen) atoms. The van der Waals surface area contributed by atoms with Crippen molar-refractivity contribution >= 4 is 5.97 Å². The average Bonchev–Trinajstić information content (AvgIpc) is 2.07. The molecular weight excluding hydrogens is 227 g/mol. The molecule has 1 aromatic heterocycles. The summed E-state index contributed by atoms with van der Waals surface area (Å²) in [5, 5.41) is 8.58. The molecule has 0 aliphatic rings. The lowest BCUT2D eigenvalue weighted by molar-refractivity contribution is -0.141. The highest BCUT2D eigenvalue weighted by Gasteiger charge is 2.28. The number of hydrogen-bond acceptors (Lipinski definition) is 2. The smallest absolute Gasteiger partial charge is 0.406 e. The number of pyridine rings is 1. The van der Waals surface area contributed by atoms with E-state index in [1.165, 1.54) is 6.92 Å². The number of aromatic nitrogens is 1. The second-order valence-corrected chi connectivity index (χ2v) is 3.24. The normalized spacial score (nSPS) is 11.5. The molecule has 88 valence electrons. The monoisotopic (exact) mass is 235 g/mol. The van der Waals surface area contributed by atoms with Crippen LogP contribution < -0.4 is 5.43 Å². The quantitative estimate of drug-likeness (QED) is 0.843. The maximum absolute atomic E-state index is 12.1. The standard InChI is InChI=1S/C9H8F3NO3/c1-5-2-7(14)6(8(15)16)3-13(5)4-9(10,11)12/h2-3H,4H2,1H3,(H,15,16). The summed E-state index contributed by atoms with van der Waals surface area (Å²) < 4.78 is 37.0. The van der Waals surface area contributed by atoms with Gasteiger partial charge in [-0.1, -0.05) is 0 Å². The van der Waals surface area contributed by atoms with Gasteiger partial charge >= 0.3 is 12.1 Å². The lowest BCUT2D eigenvalue weighted by Gasteiger charge is -2.13. The molecule has 7 heteroatoms. The molecule has 0 fully saturated rings. The maximum atomic E-state index is 12.1. The van der Waals surface area contributed by atoms with Crippen molar-refractivity contribution < 1.29 is 23.1 Å². The van der Waals surface area contributed by atoms with Crippen LogP contribution in [0.3, 0.4) is 0 Å². The third kappa shape index (κ3) is 2.85. The van der Waals surface area contributed by atoms with Crippen LogP contribution in [0, 0.1) is 6.92 Å². The number of carboxylic acid groups (broad SMARTS) is 1. The van der Waals surface area contributed by atoms with Crippen LogP contribution in [0.1, 0.15) is 16.1 Å². The molecule has 1 aromatic rings. The first-order valence-electron chi connectivity index (χ1n) is 4.22. The van der Waals surface area contributed by atoms with Crippen LogP contribution in [0.4, 0.5) is 13.2 Å². The van der Waals surface area contributed by atoms with E-state index in [0.29, 0.717) is 10.8 Å². The highest BCUT2D eigenvalue weighted by atomic mass is 19.4. The Kier molecular flexibility index (Phi) is 3.06. The highest BCUT2D eigenvalue weighted by Crippen LogP contribution is 2.18. The summed E-state index contributed by atoms with van der Waals surface area (Å²) in [7, 11) is 0. The minimum atomic E-state index is -4.46. The summed E-state index contributed by atoms with van der Waals surface area (Å²) in [5.74, 6) is -1.54. The molecule has 0 radical (unpaired) electrons. The third-order valence-corrected chi connectivity index (χ3v) is 1.92. The van der Waals surface area contributed by atoms with Gasteiger partial charge in [-0.15, -0.1) is 0 Å². The first-order valence-corrected chi connectivity index (χ1v) is 4.22. The molecule has 0 saturated carbocycles. The number of alkyl halides is 3. The van der Waals surface area contributed by atoms with Crippen molar-refractivity contribution in [1.82, 2.24) is 4.57 Å². The maximum Gasteiger partial charge on any atom is 0.406 e. The van der Waals surface area contributed by atoms with Gasteiger partial charge in [0.05, 0.1) is 0 Å². The van der Waals surface area contributed by atoms with Crippen molar-refractivity contribution in [2.24, 2.45) is 0 Å². The highest BCUT2D eigenvalue weighted by molar-refractivity contribution is 5.87. The summed E-state index contributed by atoms with van der Waals surface area (Å²) in [5.41, 5.74) is -1.41. The molecule has 0 aromatic carbocycles. The Labute approximate surface area is 87.9 Å². The second kappa shape index (κ2) is 3.99. The SMILES string of the molecule is Cc1cc(=O)c(C(=O)O)cn1CC(F)(F)F. The molecule has 0 unspecified atom stereocenters. The van der Waals surface area contributed by atoms with Crippen molar-refractivity contribution in [1.29, 1.82) is 0 Å². The number of nitrogens with zero attached hydrogens (tertiary/aromatic N) is 1. The van der Waals surface area contributed by atoms with Crippen LogP contribution in [0.2, 0.25) is 0 Å². The van der Waals surface area contributed by atoms with Gasteiger partial charge in [0.1, 0.15) is 12.1 Å². The van der Waals surface area contributed by atoms with E-state index in [4.69, 9.17) is 5.11 Å². The Morgan fingerprint density at radius 3 is 2.50 bits per heavy atom. The van der Waals surface area contributed by atoms with Crippen LogP contribution in [0.15, 0.2) is 17.1 Å². The molecule has 0 spiro atoms. The Bertz CT molecular complexity index is 476. The van der Waals surface area contributed by atoms with E-state index in [2.05, 4.69) is 0 Å². The first-order chi connectivity index (χ1) is 7.20. The average molecular weight is 235 g/mol. The fraction of sp³-hybridized carbons (Fsp3) is 0.333. The summed E-state index contributed by atoms with van der Waals surface area (Å²) in [6, 6.07) is 0.870. The van der Waals surface area contributed by atoms with Crippen molar-refractivity contribution in [3.8, 4) is 0 Å². The van der Waals surface area contributed by atoms with E-state index in [-0.39, 0.29) is 5.69 Å². The fourth-order valence-corrected chi connectivity index (χ4v) is 1.20. The van der Waals surface area contributed by atoms with E-state index in [0.717, 1.165) is 6.07 Å². The summed E-state index contributed by atoms with van der Waals surface area (Å²) in [6.45, 7) is -0.0157. The van der Waals surface area contributed by atoms with Crippen molar-refractivity contribution in [3.63, 3.8) is 0 Å². The van der Waals surface area contributed by atoms with Crippen molar-refractivity contribution in [2.75, 3.05) is 0 Å². The number of halogens is 3. The summed E-state index contributed by atoms with van der Waals surface area (Å²) in [6.07, 6.45) is -3.76. The van der Waals surface area contributed by atoms with Gasteiger partial charge < -0.3 is 9.67 Å². The van der Waals surface area contributed by atoms with E-state index < -0.39 is 29.7 Å². The van der Waals surface area contributed by atoms with Gasteiger partial charge in [-0.05, 0) is 6.92 Å². The predicted octanol–water partition coefficient (Wildman–Crippen LogP) is 1.42. The zero-order valence-electron chi connectivity index (χ0n) is 8.21. The van der Waals surface area contributed by atoms with Crippen LogP contribution in [0.5, 0.6) is 0 Å². The summed E-state index contributed by atoms with van der Waals surface area (Å²) in [4.78, 5) is 21.7. The van der Waals surface area contributed by atoms with Crippen molar-refractivity contribution in [3.05, 3.63) is 33.7 Å². The van der Waals surface area contributed by atoms with Gasteiger partial charge in [0.2, 0.25) is 0 Å². The van der Waals surface area contributed by atoms with Gasteiger partial charge in [-0.3, -0.25) is 4.79 Å². The first kappa shape index (κ1) is 12.3. The number of carbonyl (C=O) groups is 1. The van der Waals surface area contributed by atoms with E-state index in [1.54, 1.807) is 0 Å². The lowest BCUT2D eigenvalue weighted by Crippen LogP contribution is -2.24. The predicted molar refractivity (Wildman–Crippen MR) is 48.5 cm³/mol. The van der Waals surface area contributed by atoms with Crippen LogP contribution in [-0.2, 0) is 6.54 Å². The zero-order valence-corrected chi connectivity index (χ0v) is 8.21. The molecule has 4 nitrogen and oxygen atoms in total. The van der Waals surface area contributed by atoms with Crippen LogP contribution in [-0.4, -0.2) is 21.8 Å². The molecule has 0 aliphatic carbocycles. The molecule has 1 heterocycles. The van der Waals surface area contributed by atoms with E-state index in [9.17, 15) is 22.8 Å². The number of aryl methyl sites for hydroxylation is 1. The molecular formula is C9H8F3NO3. The number of hydrogen-bond donors (Lipinski definition) is 1. The number of rotatable bonds is 2. The Morgan fingerprint density at radius 2 is 2.06 bits per heavy atom. The van der Waals surface area contributed by atoms with Crippen LogP contribution in [0.25, 0.3) is 0 Å². The fourth-order valence-electron chi connectivity index (χ4n) is 1.20. The number of aromatic carboxylic acids is 1. The van der Waals surface area contributed by atoms with Gasteiger partial charge in [0.15, 0.2) is 5.43 Å². The van der Waals surface area contributed by atoms with Gasteiger partial charge in [-0.25, -0.2) is 4.79 Å². The molecule has 0 bridgehead atoms. The Hall–Kier alpha value is -1.79. The molecule has 0 saturated heterocycles. The topological polar surface area (TPSA) is 59.3 Å². The molecule has 0 aliphatic heterocycles. The molecule has 1 rings (SSSR count). The second-order valence-electron chi connectivity index (χ2n) is 3.24. The summed E-state index contributed by atoms with van der Waals surface area (Å²) >= 11 is 0.